The Kier molecular flexibility index (Phi) is 6.58. The van der Waals surface area contributed by atoms with Crippen molar-refractivity contribution in [1.29, 1.82) is 0 Å². The van der Waals surface area contributed by atoms with Crippen LogP contribution in [0.1, 0.15) is 5.82 Å². The average molecular weight is 116 g/mol. The van der Waals surface area contributed by atoms with Crippen LogP contribution in [0.25, 0.3) is 0 Å². The van der Waals surface area contributed by atoms with Crippen LogP contribution >= 0.6 is 0 Å². The summed E-state index contributed by atoms with van der Waals surface area (Å²) >= 11 is 0. The second-order valence-corrected chi connectivity index (χ2v) is 1.30. The van der Waals surface area contributed by atoms with Crippen LogP contribution in [0, 0.1) is 6.92 Å². The molecule has 0 saturated carbocycles. The molecule has 1 aromatic heterocycles. The topological polar surface area (TPSA) is 25.8 Å². The summed E-state index contributed by atoms with van der Waals surface area (Å²) in [7, 11) is 0. The average Bonchev–Trinajstić information content (AvgIpc) is 1.69. The molecule has 0 aliphatic rings. The summed E-state index contributed by atoms with van der Waals surface area (Å²) in [6.07, 6.45) is 3.45. The Morgan fingerprint density at radius 1 is 1.11 bits per heavy atom. The van der Waals surface area contributed by atoms with Crippen LogP contribution < -0.4 is 0 Å². The highest BCUT2D eigenvalue weighted by molar-refractivity contribution is 5.76. The van der Waals surface area contributed by atoms with Crippen LogP contribution in [0.5, 0.6) is 0 Å². The molecule has 0 aliphatic heterocycles. The van der Waals surface area contributed by atoms with E-state index < -0.39 is 0 Å². The molecule has 0 N–H and O–H groups in total. The van der Waals surface area contributed by atoms with Crippen molar-refractivity contribution in [2.75, 3.05) is 0 Å². The van der Waals surface area contributed by atoms with Crippen molar-refractivity contribution in [3.63, 3.8) is 0 Å². The molecule has 0 spiro atoms. The quantitative estimate of drug-likeness (QED) is 0.446. The van der Waals surface area contributed by atoms with Gasteiger partial charge in [-0.25, -0.2) is 9.97 Å². The maximum Gasteiger partial charge on any atom is 0.125 e. The summed E-state index contributed by atoms with van der Waals surface area (Å²) < 4.78 is 0. The molecule has 0 saturated heterocycles. The minimum absolute atomic E-state index is 0. The highest BCUT2D eigenvalue weighted by Crippen LogP contribution is 1.78. The maximum absolute atomic E-state index is 3.87. The predicted molar refractivity (Wildman–Crippen MR) is 38.3 cm³/mol. The lowest BCUT2D eigenvalue weighted by Gasteiger charge is -1.81. The lowest BCUT2D eigenvalue weighted by atomic mass is 10.6. The van der Waals surface area contributed by atoms with Crippen molar-refractivity contribution in [1.82, 2.24) is 9.97 Å². The van der Waals surface area contributed by atoms with Gasteiger partial charge in [-0.3, -0.25) is 0 Å². The summed E-state index contributed by atoms with van der Waals surface area (Å²) in [5.74, 6) is 0.822. The first kappa shape index (κ1) is 11.1. The summed E-state index contributed by atoms with van der Waals surface area (Å²) in [6.45, 7) is 1.86. The van der Waals surface area contributed by atoms with Gasteiger partial charge in [0.2, 0.25) is 0 Å². The third-order valence-corrected chi connectivity index (χ3v) is 0.695. The van der Waals surface area contributed by atoms with Crippen molar-refractivity contribution in [2.24, 2.45) is 0 Å². The fourth-order valence-corrected chi connectivity index (χ4v) is 0.374. The molecule has 0 fully saturated rings. The third-order valence-electron chi connectivity index (χ3n) is 0.695. The van der Waals surface area contributed by atoms with Crippen LogP contribution in [0.4, 0.5) is 0 Å². The molecule has 1 rings (SSSR count). The molecule has 4 heteroatoms. The molecule has 0 bridgehead atoms. The highest BCUT2D eigenvalue weighted by atomic mass is 14.8. The molecule has 42 valence electrons. The molecule has 0 aliphatic carbocycles. The zero-order valence-electron chi connectivity index (χ0n) is 5.28. The van der Waals surface area contributed by atoms with Gasteiger partial charge in [0.1, 0.15) is 5.82 Å². The van der Waals surface area contributed by atoms with E-state index in [9.17, 15) is 0 Å². The van der Waals surface area contributed by atoms with Crippen LogP contribution in [-0.4, -0.2) is 26.8 Å². The first-order valence-electron chi connectivity index (χ1n) is 2.13. The first-order chi connectivity index (χ1) is 3.39. The molecular weight excluding hydrogens is 110 g/mol. The molecule has 2 nitrogen and oxygen atoms in total. The number of hydrogen-bond acceptors (Lipinski definition) is 2. The Hall–Kier alpha value is -0.790. The van der Waals surface area contributed by atoms with E-state index >= 15 is 0 Å². The Morgan fingerprint density at radius 3 is 1.78 bits per heavy atom. The lowest BCUT2D eigenvalue weighted by Crippen LogP contribution is -1.80. The zero-order valence-corrected chi connectivity index (χ0v) is 5.28. The van der Waals surface area contributed by atoms with Crippen LogP contribution in [0.15, 0.2) is 18.5 Å². The van der Waals surface area contributed by atoms with Gasteiger partial charge in [0.15, 0.2) is 0 Å². The van der Waals surface area contributed by atoms with Gasteiger partial charge >= 0.3 is 0 Å². The van der Waals surface area contributed by atoms with E-state index in [2.05, 4.69) is 9.97 Å². The molecule has 1 aromatic rings. The fourth-order valence-electron chi connectivity index (χ4n) is 0.374. The molecule has 1 heterocycles. The number of nitrogens with zero attached hydrogens (tertiary/aromatic N) is 2. The molecule has 0 unspecified atom stereocenters. The van der Waals surface area contributed by atoms with Crippen molar-refractivity contribution in [3.05, 3.63) is 24.3 Å². The number of hydrogen-bond donors (Lipinski definition) is 0. The summed E-state index contributed by atoms with van der Waals surface area (Å²) in [4.78, 5) is 7.74. The predicted octanol–water partition coefficient (Wildman–Crippen LogP) is 0.0234. The Labute approximate surface area is 58.9 Å². The Balaban J connectivity index is 0. The van der Waals surface area contributed by atoms with E-state index in [0.717, 1.165) is 5.82 Å². The molecule has 9 heavy (non-hydrogen) atoms. The van der Waals surface area contributed by atoms with Gasteiger partial charge in [-0.15, -0.1) is 0 Å². The van der Waals surface area contributed by atoms with Crippen molar-refractivity contribution in [2.45, 2.75) is 6.92 Å². The highest BCUT2D eigenvalue weighted by Gasteiger charge is 1.74. The zero-order chi connectivity index (χ0) is 5.11. The minimum atomic E-state index is 0. The molecule has 0 atom stereocenters. The second-order valence-electron chi connectivity index (χ2n) is 1.30. The lowest BCUT2D eigenvalue weighted by molar-refractivity contribution is 1.05. The second kappa shape index (κ2) is 5.35. The maximum atomic E-state index is 3.87. The fraction of sp³-hybridized carbons (Fsp3) is 0.200. The normalized spacial score (nSPS) is 6.78. The molecule has 0 amide bonds. The van der Waals surface area contributed by atoms with Gasteiger partial charge in [-0.05, 0) is 13.0 Å². The van der Waals surface area contributed by atoms with E-state index in [0.29, 0.717) is 0 Å². The van der Waals surface area contributed by atoms with E-state index in [1.807, 2.05) is 6.92 Å². The van der Waals surface area contributed by atoms with E-state index in [1.54, 1.807) is 18.5 Å². The SMILES string of the molecule is Cc1ncccn1.[B].[B]. The summed E-state index contributed by atoms with van der Waals surface area (Å²) in [5, 5.41) is 0. The van der Waals surface area contributed by atoms with Gasteiger partial charge in [-0.1, -0.05) is 0 Å². The first-order valence-corrected chi connectivity index (χ1v) is 2.13. The smallest absolute Gasteiger partial charge is 0.125 e. The van der Waals surface area contributed by atoms with E-state index in [1.165, 1.54) is 0 Å². The van der Waals surface area contributed by atoms with Gasteiger partial charge in [0.05, 0.1) is 0 Å². The van der Waals surface area contributed by atoms with E-state index in [4.69, 9.17) is 0 Å². The Morgan fingerprint density at radius 2 is 1.56 bits per heavy atom. The number of aromatic nitrogens is 2. The van der Waals surface area contributed by atoms with Gasteiger partial charge in [-0.2, -0.15) is 0 Å². The molecule has 0 aromatic carbocycles. The summed E-state index contributed by atoms with van der Waals surface area (Å²) in [5.41, 5.74) is 0. The van der Waals surface area contributed by atoms with Crippen LogP contribution in [0.3, 0.4) is 0 Å². The van der Waals surface area contributed by atoms with Gasteiger partial charge < -0.3 is 0 Å². The van der Waals surface area contributed by atoms with Crippen LogP contribution in [-0.2, 0) is 0 Å². The third kappa shape index (κ3) is 3.76. The van der Waals surface area contributed by atoms with E-state index in [-0.39, 0.29) is 16.8 Å². The largest absolute Gasteiger partial charge is 0.242 e. The Bertz CT molecular complexity index is 143. The minimum Gasteiger partial charge on any atom is -0.242 e. The van der Waals surface area contributed by atoms with Gasteiger partial charge in [0.25, 0.3) is 0 Å². The van der Waals surface area contributed by atoms with Gasteiger partial charge in [0, 0.05) is 29.2 Å². The monoisotopic (exact) mass is 116 g/mol. The number of rotatable bonds is 0. The molecular formula is C5H6B2N2. The van der Waals surface area contributed by atoms with Crippen LogP contribution in [0.2, 0.25) is 0 Å². The standard InChI is InChI=1S/C5H6N2.2B/c1-5-6-3-2-4-7-5;;/h2-4H,1H3;;. The molecule has 6 radical (unpaired) electrons. The summed E-state index contributed by atoms with van der Waals surface area (Å²) in [6, 6.07) is 1.80. The van der Waals surface area contributed by atoms with Crippen molar-refractivity contribution >= 4 is 16.8 Å². The van der Waals surface area contributed by atoms with Crippen molar-refractivity contribution in [3.8, 4) is 0 Å². The number of aryl methyl sites for hydroxylation is 1. The van der Waals surface area contributed by atoms with Crippen molar-refractivity contribution < 1.29 is 0 Å².